The van der Waals surface area contributed by atoms with E-state index in [0.29, 0.717) is 0 Å². The van der Waals surface area contributed by atoms with Gasteiger partial charge in [0, 0.05) is 40.4 Å². The van der Waals surface area contributed by atoms with Gasteiger partial charge >= 0.3 is 0 Å². The number of hydrogen-bond donors (Lipinski definition) is 2. The molecule has 0 unspecified atom stereocenters. The second kappa shape index (κ2) is 11.0. The highest BCUT2D eigenvalue weighted by molar-refractivity contribution is 5.79. The molecule has 22 heavy (non-hydrogen) atoms. The average Bonchev–Trinajstić information content (AvgIpc) is 2.54. The van der Waals surface area contributed by atoms with Gasteiger partial charge in [0.2, 0.25) is 0 Å². The molecule has 0 saturated carbocycles. The zero-order chi connectivity index (χ0) is 16.2. The van der Waals surface area contributed by atoms with Crippen molar-refractivity contribution >= 4 is 5.96 Å². The maximum absolute atomic E-state index is 5.04. The van der Waals surface area contributed by atoms with E-state index in [0.717, 1.165) is 45.2 Å². The van der Waals surface area contributed by atoms with E-state index in [1.807, 2.05) is 0 Å². The molecular formula is C17H30N4O. The summed E-state index contributed by atoms with van der Waals surface area (Å²) in [6.45, 7) is 6.60. The molecule has 1 aromatic carbocycles. The molecule has 0 heterocycles. The molecule has 0 spiro atoms. The molecule has 0 amide bonds. The Morgan fingerprint density at radius 2 is 2.05 bits per heavy atom. The van der Waals surface area contributed by atoms with Crippen molar-refractivity contribution in [2.24, 2.45) is 4.99 Å². The SMILES string of the molecule is CCN(C)Cc1cccc(CNC(=NC)NCCCOC)c1. The number of ether oxygens (including phenoxy) is 1. The predicted octanol–water partition coefficient (Wildman–Crippen LogP) is 1.84. The van der Waals surface area contributed by atoms with E-state index in [-0.39, 0.29) is 0 Å². The maximum Gasteiger partial charge on any atom is 0.191 e. The van der Waals surface area contributed by atoms with Crippen molar-refractivity contribution in [3.8, 4) is 0 Å². The predicted molar refractivity (Wildman–Crippen MR) is 93.1 cm³/mol. The average molecular weight is 306 g/mol. The number of methoxy groups -OCH3 is 1. The Kier molecular flexibility index (Phi) is 9.26. The van der Waals surface area contributed by atoms with Crippen LogP contribution in [0.4, 0.5) is 0 Å². The maximum atomic E-state index is 5.04. The van der Waals surface area contributed by atoms with E-state index in [4.69, 9.17) is 4.74 Å². The molecule has 1 aromatic rings. The van der Waals surface area contributed by atoms with Crippen LogP contribution in [0, 0.1) is 0 Å². The Morgan fingerprint density at radius 1 is 1.27 bits per heavy atom. The Bertz CT molecular complexity index is 448. The van der Waals surface area contributed by atoms with Gasteiger partial charge in [0.1, 0.15) is 0 Å². The van der Waals surface area contributed by atoms with Crippen LogP contribution in [-0.2, 0) is 17.8 Å². The number of nitrogens with one attached hydrogen (secondary N) is 2. The number of hydrogen-bond acceptors (Lipinski definition) is 3. The van der Waals surface area contributed by atoms with Crippen LogP contribution in [-0.4, -0.2) is 51.8 Å². The minimum absolute atomic E-state index is 0.761. The van der Waals surface area contributed by atoms with Gasteiger partial charge in [-0.05, 0) is 31.1 Å². The van der Waals surface area contributed by atoms with Gasteiger partial charge in [-0.25, -0.2) is 0 Å². The first-order valence-corrected chi connectivity index (χ1v) is 7.89. The molecular weight excluding hydrogens is 276 g/mol. The summed E-state index contributed by atoms with van der Waals surface area (Å²) >= 11 is 0. The van der Waals surface area contributed by atoms with Crippen molar-refractivity contribution in [1.82, 2.24) is 15.5 Å². The van der Waals surface area contributed by atoms with Gasteiger partial charge in [-0.2, -0.15) is 0 Å². The van der Waals surface area contributed by atoms with Crippen LogP contribution in [0.2, 0.25) is 0 Å². The van der Waals surface area contributed by atoms with Crippen LogP contribution < -0.4 is 10.6 Å². The lowest BCUT2D eigenvalue weighted by atomic mass is 10.1. The van der Waals surface area contributed by atoms with Crippen molar-refractivity contribution in [3.63, 3.8) is 0 Å². The van der Waals surface area contributed by atoms with E-state index in [2.05, 4.69) is 58.8 Å². The quantitative estimate of drug-likeness (QED) is 0.415. The van der Waals surface area contributed by atoms with Crippen molar-refractivity contribution < 1.29 is 4.74 Å². The monoisotopic (exact) mass is 306 g/mol. The van der Waals surface area contributed by atoms with Gasteiger partial charge in [-0.3, -0.25) is 4.99 Å². The highest BCUT2D eigenvalue weighted by atomic mass is 16.5. The van der Waals surface area contributed by atoms with Crippen LogP contribution >= 0.6 is 0 Å². The van der Waals surface area contributed by atoms with Crippen LogP contribution in [0.5, 0.6) is 0 Å². The highest BCUT2D eigenvalue weighted by Gasteiger charge is 2.01. The number of aliphatic imine (C=N–C) groups is 1. The van der Waals surface area contributed by atoms with Crippen molar-refractivity contribution in [3.05, 3.63) is 35.4 Å². The lowest BCUT2D eigenvalue weighted by molar-refractivity contribution is 0.195. The summed E-state index contributed by atoms with van der Waals surface area (Å²) < 4.78 is 5.04. The molecule has 1 rings (SSSR count). The Labute approximate surface area is 134 Å². The smallest absolute Gasteiger partial charge is 0.191 e. The van der Waals surface area contributed by atoms with Gasteiger partial charge in [-0.15, -0.1) is 0 Å². The minimum atomic E-state index is 0.761. The van der Waals surface area contributed by atoms with Gasteiger partial charge in [0.05, 0.1) is 0 Å². The zero-order valence-corrected chi connectivity index (χ0v) is 14.4. The second-order valence-corrected chi connectivity index (χ2v) is 5.35. The summed E-state index contributed by atoms with van der Waals surface area (Å²) in [4.78, 5) is 6.52. The largest absolute Gasteiger partial charge is 0.385 e. The van der Waals surface area contributed by atoms with Crippen LogP contribution in [0.25, 0.3) is 0 Å². The highest BCUT2D eigenvalue weighted by Crippen LogP contribution is 2.07. The van der Waals surface area contributed by atoms with E-state index in [1.54, 1.807) is 14.2 Å². The zero-order valence-electron chi connectivity index (χ0n) is 14.4. The van der Waals surface area contributed by atoms with E-state index in [9.17, 15) is 0 Å². The molecule has 0 atom stereocenters. The third-order valence-corrected chi connectivity index (χ3v) is 3.48. The summed E-state index contributed by atoms with van der Waals surface area (Å²) in [5.74, 6) is 0.826. The number of guanidine groups is 1. The normalized spacial score (nSPS) is 11.8. The first kappa shape index (κ1) is 18.5. The third-order valence-electron chi connectivity index (χ3n) is 3.48. The molecule has 124 valence electrons. The molecule has 0 radical (unpaired) electrons. The Balaban J connectivity index is 2.43. The van der Waals surface area contributed by atoms with E-state index < -0.39 is 0 Å². The number of rotatable bonds is 9. The Hall–Kier alpha value is -1.59. The topological polar surface area (TPSA) is 48.9 Å². The fourth-order valence-electron chi connectivity index (χ4n) is 2.09. The van der Waals surface area contributed by atoms with Crippen LogP contribution in [0.15, 0.2) is 29.3 Å². The summed E-state index contributed by atoms with van der Waals surface area (Å²) in [5, 5.41) is 6.62. The molecule has 0 saturated heterocycles. The standard InChI is InChI=1S/C17H30N4O/c1-5-21(3)14-16-9-6-8-15(12-16)13-20-17(18-2)19-10-7-11-22-4/h6,8-9,12H,5,7,10-11,13-14H2,1-4H3,(H2,18,19,20). The number of nitrogens with zero attached hydrogens (tertiary/aromatic N) is 2. The molecule has 0 aromatic heterocycles. The molecule has 5 heteroatoms. The summed E-state index contributed by atoms with van der Waals surface area (Å²) in [7, 11) is 5.64. The molecule has 5 nitrogen and oxygen atoms in total. The summed E-state index contributed by atoms with van der Waals surface area (Å²) in [6.07, 6.45) is 0.968. The lowest BCUT2D eigenvalue weighted by Crippen LogP contribution is -2.37. The minimum Gasteiger partial charge on any atom is -0.385 e. The molecule has 0 aliphatic rings. The van der Waals surface area contributed by atoms with E-state index >= 15 is 0 Å². The van der Waals surface area contributed by atoms with Gasteiger partial charge in [0.25, 0.3) is 0 Å². The summed E-state index contributed by atoms with van der Waals surface area (Å²) in [5.41, 5.74) is 2.61. The molecule has 2 N–H and O–H groups in total. The van der Waals surface area contributed by atoms with Gasteiger partial charge in [-0.1, -0.05) is 31.2 Å². The Morgan fingerprint density at radius 3 is 2.73 bits per heavy atom. The third kappa shape index (κ3) is 7.43. The van der Waals surface area contributed by atoms with Crippen molar-refractivity contribution in [1.29, 1.82) is 0 Å². The molecule has 0 bridgehead atoms. The van der Waals surface area contributed by atoms with Gasteiger partial charge in [0.15, 0.2) is 5.96 Å². The second-order valence-electron chi connectivity index (χ2n) is 5.35. The van der Waals surface area contributed by atoms with Crippen molar-refractivity contribution in [2.75, 3.05) is 40.9 Å². The fraction of sp³-hybridized carbons (Fsp3) is 0.588. The molecule has 0 aliphatic carbocycles. The van der Waals surface area contributed by atoms with E-state index in [1.165, 1.54) is 11.1 Å². The van der Waals surface area contributed by atoms with Gasteiger partial charge < -0.3 is 20.3 Å². The number of benzene rings is 1. The first-order valence-electron chi connectivity index (χ1n) is 7.89. The van der Waals surface area contributed by atoms with Crippen LogP contribution in [0.1, 0.15) is 24.5 Å². The van der Waals surface area contributed by atoms with Crippen LogP contribution in [0.3, 0.4) is 0 Å². The summed E-state index contributed by atoms with van der Waals surface area (Å²) in [6, 6.07) is 8.68. The molecule has 0 fully saturated rings. The first-order chi connectivity index (χ1) is 10.7. The molecule has 0 aliphatic heterocycles. The lowest BCUT2D eigenvalue weighted by Gasteiger charge is -2.15. The van der Waals surface area contributed by atoms with Crippen molar-refractivity contribution in [2.45, 2.75) is 26.4 Å². The fourth-order valence-corrected chi connectivity index (χ4v) is 2.09.